The number of nitrogens with one attached hydrogen (secondary N) is 1. The average Bonchev–Trinajstić information content (AvgIpc) is 2.82. The highest BCUT2D eigenvalue weighted by Gasteiger charge is 2.26. The van der Waals surface area contributed by atoms with Gasteiger partial charge in [-0.05, 0) is 51.0 Å². The summed E-state index contributed by atoms with van der Waals surface area (Å²) >= 11 is 0. The Labute approximate surface area is 200 Å². The monoisotopic (exact) mass is 486 g/mol. The van der Waals surface area contributed by atoms with Crippen LogP contribution in [-0.2, 0) is 10.2 Å². The van der Waals surface area contributed by atoms with Gasteiger partial charge in [-0.2, -0.15) is 8.42 Å². The van der Waals surface area contributed by atoms with Crippen LogP contribution in [0.5, 0.6) is 5.75 Å². The number of benzene rings is 1. The molecule has 2 aromatic rings. The van der Waals surface area contributed by atoms with Gasteiger partial charge in [-0.25, -0.2) is 4.98 Å². The van der Waals surface area contributed by atoms with E-state index in [1.54, 1.807) is 29.3 Å². The minimum Gasteiger partial charge on any atom is -0.492 e. The molecule has 1 amide bonds. The van der Waals surface area contributed by atoms with Crippen molar-refractivity contribution in [2.45, 2.75) is 26.7 Å². The van der Waals surface area contributed by atoms with E-state index in [1.165, 1.54) is 0 Å². The van der Waals surface area contributed by atoms with Crippen molar-refractivity contribution in [2.75, 3.05) is 42.4 Å². The van der Waals surface area contributed by atoms with Crippen LogP contribution in [0.2, 0.25) is 0 Å². The van der Waals surface area contributed by atoms with Crippen LogP contribution in [0.15, 0.2) is 40.9 Å². The van der Waals surface area contributed by atoms with Crippen molar-refractivity contribution in [1.29, 1.82) is 0 Å². The molecule has 2 aliphatic heterocycles. The fourth-order valence-corrected chi connectivity index (χ4v) is 5.19. The normalized spacial score (nSPS) is 18.9. The molecule has 10 nitrogen and oxygen atoms in total. The number of nitrogens with zero attached hydrogens (tertiary/aromatic N) is 4. The summed E-state index contributed by atoms with van der Waals surface area (Å²) in [6.07, 6.45) is 3.64. The van der Waals surface area contributed by atoms with Crippen LogP contribution in [0.3, 0.4) is 0 Å². The average molecular weight is 487 g/mol. The molecular weight excluding hydrogens is 456 g/mol. The maximum atomic E-state index is 12.5. The molecule has 0 saturated carbocycles. The molecule has 0 radical (unpaired) electrons. The van der Waals surface area contributed by atoms with Gasteiger partial charge in [-0.15, -0.1) is 4.40 Å². The van der Waals surface area contributed by atoms with Crippen LogP contribution >= 0.6 is 0 Å². The summed E-state index contributed by atoms with van der Waals surface area (Å²) in [5.74, 6) is 1.49. The number of hydrogen-bond donors (Lipinski definition) is 2. The van der Waals surface area contributed by atoms with E-state index < -0.39 is 10.2 Å². The molecule has 2 aliphatic rings. The third kappa shape index (κ3) is 5.09. The van der Waals surface area contributed by atoms with Gasteiger partial charge >= 0.3 is 10.2 Å². The Morgan fingerprint density at radius 3 is 2.76 bits per heavy atom. The Hall–Kier alpha value is -3.34. The standard InChI is InChI=1S/C23H30N6O4S/c1-3-28(4-2)23(30)17-10-11-20(25-13-17)29-12-6-7-16(14-29)15-33-19-9-5-8-18-21(19)22(24)27-34(31,32)26-18/h5,8-11,13,16,26H,3-4,6-7,12,14-15H2,1-2H3,(H2,24,27)/t16-/m0/s1. The highest BCUT2D eigenvalue weighted by Crippen LogP contribution is 2.31. The number of anilines is 2. The molecule has 0 aliphatic carbocycles. The number of ether oxygens (including phenoxy) is 1. The van der Waals surface area contributed by atoms with E-state index in [0.29, 0.717) is 42.3 Å². The number of rotatable bonds is 7. The van der Waals surface area contributed by atoms with Gasteiger partial charge < -0.3 is 20.3 Å². The predicted octanol–water partition coefficient (Wildman–Crippen LogP) is 2.23. The molecule has 1 atom stereocenters. The SMILES string of the molecule is CCN(CC)C(=O)c1ccc(N2CCC[C@H](COc3cccc4c3C(N)=NS(=O)(=O)N4)C2)nc1. The molecule has 11 heteroatoms. The number of carbonyl (C=O) groups excluding carboxylic acids is 1. The Bertz CT molecular complexity index is 1180. The number of nitrogens with two attached hydrogens (primary N) is 1. The van der Waals surface area contributed by atoms with Gasteiger partial charge in [-0.1, -0.05) is 6.07 Å². The van der Waals surface area contributed by atoms with E-state index in [2.05, 4.69) is 19.0 Å². The van der Waals surface area contributed by atoms with Gasteiger partial charge in [0, 0.05) is 38.3 Å². The van der Waals surface area contributed by atoms with Crippen LogP contribution in [-0.4, -0.2) is 62.8 Å². The molecule has 182 valence electrons. The van der Waals surface area contributed by atoms with Crippen LogP contribution in [0.25, 0.3) is 0 Å². The van der Waals surface area contributed by atoms with Gasteiger partial charge in [0.1, 0.15) is 11.6 Å². The smallest absolute Gasteiger partial charge is 0.344 e. The molecule has 1 aromatic carbocycles. The maximum absolute atomic E-state index is 12.5. The summed E-state index contributed by atoms with van der Waals surface area (Å²) < 4.78 is 35.6. The molecule has 3 N–H and O–H groups in total. The highest BCUT2D eigenvalue weighted by atomic mass is 32.2. The second-order valence-electron chi connectivity index (χ2n) is 8.38. The van der Waals surface area contributed by atoms with E-state index >= 15 is 0 Å². The van der Waals surface area contributed by atoms with Crippen molar-refractivity contribution in [2.24, 2.45) is 16.0 Å². The minimum absolute atomic E-state index is 0.00901. The first-order valence-corrected chi connectivity index (χ1v) is 12.9. The van der Waals surface area contributed by atoms with E-state index in [-0.39, 0.29) is 17.7 Å². The molecular formula is C23H30N6O4S. The van der Waals surface area contributed by atoms with Crippen molar-refractivity contribution < 1.29 is 17.9 Å². The summed E-state index contributed by atoms with van der Waals surface area (Å²) in [6.45, 7) is 7.35. The van der Waals surface area contributed by atoms with Crippen LogP contribution < -0.4 is 20.1 Å². The lowest BCUT2D eigenvalue weighted by Crippen LogP contribution is -2.38. The fraction of sp³-hybridized carbons (Fsp3) is 0.435. The van der Waals surface area contributed by atoms with Crippen molar-refractivity contribution >= 4 is 33.5 Å². The largest absolute Gasteiger partial charge is 0.492 e. The summed E-state index contributed by atoms with van der Waals surface area (Å²) in [5.41, 5.74) is 7.32. The lowest BCUT2D eigenvalue weighted by molar-refractivity contribution is 0.0772. The first-order valence-electron chi connectivity index (χ1n) is 11.5. The second-order valence-corrected chi connectivity index (χ2v) is 9.72. The Morgan fingerprint density at radius 2 is 2.06 bits per heavy atom. The fourth-order valence-electron chi connectivity index (χ4n) is 4.35. The van der Waals surface area contributed by atoms with Crippen molar-refractivity contribution in [3.63, 3.8) is 0 Å². The number of aromatic nitrogens is 1. The number of piperidine rings is 1. The molecule has 1 saturated heterocycles. The van der Waals surface area contributed by atoms with Gasteiger partial charge in [-0.3, -0.25) is 9.52 Å². The molecule has 0 spiro atoms. The lowest BCUT2D eigenvalue weighted by atomic mass is 9.99. The predicted molar refractivity (Wildman–Crippen MR) is 132 cm³/mol. The maximum Gasteiger partial charge on any atom is 0.344 e. The van der Waals surface area contributed by atoms with E-state index in [0.717, 1.165) is 31.7 Å². The van der Waals surface area contributed by atoms with Gasteiger partial charge in [0.25, 0.3) is 5.91 Å². The number of fused-ring (bicyclic) bond motifs is 1. The summed E-state index contributed by atoms with van der Waals surface area (Å²) in [7, 11) is -3.83. The summed E-state index contributed by atoms with van der Waals surface area (Å²) in [6, 6.07) is 8.84. The zero-order valence-corrected chi connectivity index (χ0v) is 20.2. The third-order valence-corrected chi connectivity index (χ3v) is 7.02. The third-order valence-electron chi connectivity index (χ3n) is 6.10. The van der Waals surface area contributed by atoms with E-state index in [4.69, 9.17) is 10.5 Å². The zero-order valence-electron chi connectivity index (χ0n) is 19.4. The van der Waals surface area contributed by atoms with Gasteiger partial charge in [0.15, 0.2) is 5.84 Å². The lowest BCUT2D eigenvalue weighted by Gasteiger charge is -2.33. The van der Waals surface area contributed by atoms with Crippen LogP contribution in [0, 0.1) is 5.92 Å². The minimum atomic E-state index is -3.83. The van der Waals surface area contributed by atoms with Crippen LogP contribution in [0.1, 0.15) is 42.6 Å². The molecule has 0 bridgehead atoms. The number of pyridine rings is 1. The molecule has 1 fully saturated rings. The molecule has 0 unspecified atom stereocenters. The van der Waals surface area contributed by atoms with E-state index in [1.807, 2.05) is 26.0 Å². The van der Waals surface area contributed by atoms with Crippen molar-refractivity contribution in [3.05, 3.63) is 47.7 Å². The highest BCUT2D eigenvalue weighted by molar-refractivity contribution is 7.91. The molecule has 34 heavy (non-hydrogen) atoms. The van der Waals surface area contributed by atoms with Crippen molar-refractivity contribution in [1.82, 2.24) is 9.88 Å². The van der Waals surface area contributed by atoms with Crippen LogP contribution in [0.4, 0.5) is 11.5 Å². The van der Waals surface area contributed by atoms with Gasteiger partial charge in [0.05, 0.1) is 23.4 Å². The molecule has 1 aromatic heterocycles. The first-order chi connectivity index (χ1) is 16.3. The number of amides is 1. The molecule has 4 rings (SSSR count). The first kappa shape index (κ1) is 23.8. The summed E-state index contributed by atoms with van der Waals surface area (Å²) in [5, 5.41) is 0. The number of carbonyl (C=O) groups is 1. The second kappa shape index (κ2) is 9.88. The number of amidine groups is 1. The van der Waals surface area contributed by atoms with E-state index in [9.17, 15) is 13.2 Å². The quantitative estimate of drug-likeness (QED) is 0.614. The number of hydrogen-bond acceptors (Lipinski definition) is 7. The summed E-state index contributed by atoms with van der Waals surface area (Å²) in [4.78, 5) is 21.1. The Kier molecular flexibility index (Phi) is 6.92. The Morgan fingerprint density at radius 1 is 1.26 bits per heavy atom. The topological polar surface area (TPSA) is 130 Å². The van der Waals surface area contributed by atoms with Gasteiger partial charge in [0.2, 0.25) is 0 Å². The van der Waals surface area contributed by atoms with Crippen molar-refractivity contribution in [3.8, 4) is 5.75 Å². The Balaban J connectivity index is 1.41. The zero-order chi connectivity index (χ0) is 24.3. The molecule has 3 heterocycles.